The van der Waals surface area contributed by atoms with Crippen LogP contribution in [0.25, 0.3) is 5.69 Å². The fourth-order valence-corrected chi connectivity index (χ4v) is 2.36. The maximum atomic E-state index is 12.1. The van der Waals surface area contributed by atoms with Crippen LogP contribution in [0.4, 0.5) is 0 Å². The number of carbonyl (C=O) groups is 2. The number of amides is 1. The summed E-state index contributed by atoms with van der Waals surface area (Å²) < 4.78 is 6.69. The second kappa shape index (κ2) is 8.06. The highest BCUT2D eigenvalue weighted by Gasteiger charge is 2.14. The highest BCUT2D eigenvalue weighted by Crippen LogP contribution is 2.09. The largest absolute Gasteiger partial charge is 0.452 e. The van der Waals surface area contributed by atoms with E-state index in [-0.39, 0.29) is 12.5 Å². The van der Waals surface area contributed by atoms with Gasteiger partial charge in [0, 0.05) is 13.6 Å². The number of benzene rings is 2. The van der Waals surface area contributed by atoms with Crippen LogP contribution in [0.15, 0.2) is 67.3 Å². The van der Waals surface area contributed by atoms with Crippen LogP contribution in [0.1, 0.15) is 15.9 Å². The predicted octanol–water partition coefficient (Wildman–Crippen LogP) is 2.08. The summed E-state index contributed by atoms with van der Waals surface area (Å²) in [6.45, 7) is 0.164. The summed E-state index contributed by atoms with van der Waals surface area (Å²) in [5.41, 5.74) is 2.16. The molecule has 0 aliphatic rings. The van der Waals surface area contributed by atoms with Crippen molar-refractivity contribution in [2.24, 2.45) is 0 Å². The maximum Gasteiger partial charge on any atom is 0.338 e. The fourth-order valence-electron chi connectivity index (χ4n) is 2.36. The minimum Gasteiger partial charge on any atom is -0.452 e. The first-order valence-corrected chi connectivity index (χ1v) is 8.03. The molecule has 0 aliphatic carbocycles. The van der Waals surface area contributed by atoms with Gasteiger partial charge in [0.1, 0.15) is 12.7 Å². The molecule has 3 aromatic rings. The number of hydrogen-bond acceptors (Lipinski definition) is 5. The van der Waals surface area contributed by atoms with Crippen LogP contribution < -0.4 is 0 Å². The Morgan fingerprint density at radius 3 is 2.46 bits per heavy atom. The molecule has 1 heterocycles. The number of esters is 1. The number of nitrogens with zero attached hydrogens (tertiary/aromatic N) is 4. The van der Waals surface area contributed by atoms with Gasteiger partial charge < -0.3 is 9.64 Å². The van der Waals surface area contributed by atoms with Gasteiger partial charge in [-0.2, -0.15) is 5.10 Å². The van der Waals surface area contributed by atoms with Gasteiger partial charge in [-0.25, -0.2) is 14.5 Å². The Labute approximate surface area is 150 Å². The molecule has 7 nitrogen and oxygen atoms in total. The number of carbonyl (C=O) groups excluding carboxylic acids is 2. The summed E-state index contributed by atoms with van der Waals surface area (Å²) in [6.07, 6.45) is 2.99. The van der Waals surface area contributed by atoms with Gasteiger partial charge in [-0.1, -0.05) is 30.3 Å². The Morgan fingerprint density at radius 1 is 1.08 bits per heavy atom. The summed E-state index contributed by atoms with van der Waals surface area (Å²) in [5, 5.41) is 4.01. The van der Waals surface area contributed by atoms with E-state index < -0.39 is 5.97 Å². The Hall–Kier alpha value is -3.48. The molecule has 132 valence electrons. The molecule has 0 aliphatic heterocycles. The van der Waals surface area contributed by atoms with Gasteiger partial charge in [-0.15, -0.1) is 0 Å². The quantitative estimate of drug-likeness (QED) is 0.636. The summed E-state index contributed by atoms with van der Waals surface area (Å²) >= 11 is 0. The molecule has 0 saturated heterocycles. The first-order valence-electron chi connectivity index (χ1n) is 8.03. The Balaban J connectivity index is 1.52. The van der Waals surface area contributed by atoms with E-state index in [1.54, 1.807) is 42.3 Å². The van der Waals surface area contributed by atoms with Crippen molar-refractivity contribution in [3.8, 4) is 5.69 Å². The standard InChI is InChI=1S/C19H18N4O3/c1-22(11-15-5-3-2-4-6-15)18(24)12-26-19(25)16-7-9-17(10-8-16)23-14-20-13-21-23/h2-10,13-14H,11-12H2,1H3. The van der Waals surface area contributed by atoms with Gasteiger partial charge in [0.05, 0.1) is 11.3 Å². The highest BCUT2D eigenvalue weighted by atomic mass is 16.5. The van der Waals surface area contributed by atoms with Gasteiger partial charge >= 0.3 is 5.97 Å². The third kappa shape index (κ3) is 4.32. The zero-order valence-corrected chi connectivity index (χ0v) is 14.3. The van der Waals surface area contributed by atoms with Gasteiger partial charge in [0.15, 0.2) is 6.61 Å². The molecule has 0 unspecified atom stereocenters. The van der Waals surface area contributed by atoms with Crippen LogP contribution in [0.2, 0.25) is 0 Å². The molecule has 0 fully saturated rings. The lowest BCUT2D eigenvalue weighted by molar-refractivity contribution is -0.133. The third-order valence-corrected chi connectivity index (χ3v) is 3.80. The van der Waals surface area contributed by atoms with Crippen molar-refractivity contribution in [3.05, 3.63) is 78.4 Å². The molecule has 1 aromatic heterocycles. The van der Waals surface area contributed by atoms with E-state index in [4.69, 9.17) is 4.74 Å². The summed E-state index contributed by atoms with van der Waals surface area (Å²) in [6, 6.07) is 16.3. The molecule has 26 heavy (non-hydrogen) atoms. The van der Waals surface area contributed by atoms with E-state index in [1.165, 1.54) is 11.2 Å². The van der Waals surface area contributed by atoms with Crippen LogP contribution >= 0.6 is 0 Å². The maximum absolute atomic E-state index is 12.1. The van der Waals surface area contributed by atoms with Gasteiger partial charge in [-0.05, 0) is 29.8 Å². The second-order valence-corrected chi connectivity index (χ2v) is 5.70. The summed E-state index contributed by atoms with van der Waals surface area (Å²) in [5.74, 6) is -0.807. The van der Waals surface area contributed by atoms with Crippen LogP contribution in [0, 0.1) is 0 Å². The smallest absolute Gasteiger partial charge is 0.338 e. The van der Waals surface area contributed by atoms with Crippen molar-refractivity contribution in [2.45, 2.75) is 6.54 Å². The minimum atomic E-state index is -0.545. The third-order valence-electron chi connectivity index (χ3n) is 3.80. The highest BCUT2D eigenvalue weighted by molar-refractivity contribution is 5.91. The number of rotatable bonds is 6. The lowest BCUT2D eigenvalue weighted by Gasteiger charge is -2.17. The Kier molecular flexibility index (Phi) is 5.38. The van der Waals surface area contributed by atoms with E-state index in [1.807, 2.05) is 30.3 Å². The van der Waals surface area contributed by atoms with E-state index in [0.717, 1.165) is 11.3 Å². The van der Waals surface area contributed by atoms with Crippen LogP contribution in [0.5, 0.6) is 0 Å². The molecular weight excluding hydrogens is 332 g/mol. The van der Waals surface area contributed by atoms with Crippen molar-refractivity contribution in [3.63, 3.8) is 0 Å². The number of aromatic nitrogens is 3. The summed E-state index contributed by atoms with van der Waals surface area (Å²) in [7, 11) is 1.68. The van der Waals surface area contributed by atoms with Gasteiger partial charge in [-0.3, -0.25) is 4.79 Å². The van der Waals surface area contributed by atoms with Crippen molar-refractivity contribution in [1.29, 1.82) is 0 Å². The topological polar surface area (TPSA) is 77.3 Å². The molecule has 0 N–H and O–H groups in total. The molecule has 0 spiro atoms. The molecule has 3 rings (SSSR count). The van der Waals surface area contributed by atoms with E-state index in [2.05, 4.69) is 10.1 Å². The van der Waals surface area contributed by atoms with Gasteiger partial charge in [0.2, 0.25) is 0 Å². The van der Waals surface area contributed by atoms with Gasteiger partial charge in [0.25, 0.3) is 5.91 Å². The van der Waals surface area contributed by atoms with E-state index >= 15 is 0 Å². The molecule has 0 atom stereocenters. The van der Waals surface area contributed by atoms with Crippen LogP contribution in [-0.4, -0.2) is 45.2 Å². The number of ether oxygens (including phenoxy) is 1. The molecule has 7 heteroatoms. The van der Waals surface area contributed by atoms with E-state index in [0.29, 0.717) is 12.1 Å². The van der Waals surface area contributed by atoms with E-state index in [9.17, 15) is 9.59 Å². The Morgan fingerprint density at radius 2 is 1.81 bits per heavy atom. The SMILES string of the molecule is CN(Cc1ccccc1)C(=O)COC(=O)c1ccc(-n2cncn2)cc1. The minimum absolute atomic E-state index is 0.263. The predicted molar refractivity (Wildman–Crippen MR) is 94.6 cm³/mol. The van der Waals surface area contributed by atoms with Crippen molar-refractivity contribution >= 4 is 11.9 Å². The summed E-state index contributed by atoms with van der Waals surface area (Å²) in [4.78, 5) is 29.6. The molecule has 0 bridgehead atoms. The fraction of sp³-hybridized carbons (Fsp3) is 0.158. The second-order valence-electron chi connectivity index (χ2n) is 5.70. The lowest BCUT2D eigenvalue weighted by Crippen LogP contribution is -2.30. The van der Waals surface area contributed by atoms with Crippen molar-refractivity contribution < 1.29 is 14.3 Å². The average molecular weight is 350 g/mol. The van der Waals surface area contributed by atoms with Crippen LogP contribution in [-0.2, 0) is 16.1 Å². The first-order chi connectivity index (χ1) is 12.6. The first kappa shape index (κ1) is 17.3. The van der Waals surface area contributed by atoms with Crippen molar-refractivity contribution in [2.75, 3.05) is 13.7 Å². The molecule has 0 radical (unpaired) electrons. The number of likely N-dealkylation sites (N-methyl/N-ethyl adjacent to an activating group) is 1. The molecule has 1 amide bonds. The zero-order valence-electron chi connectivity index (χ0n) is 14.3. The monoisotopic (exact) mass is 350 g/mol. The average Bonchev–Trinajstić information content (AvgIpc) is 3.21. The molecule has 0 saturated carbocycles. The normalized spacial score (nSPS) is 10.3. The van der Waals surface area contributed by atoms with Crippen LogP contribution in [0.3, 0.4) is 0 Å². The zero-order chi connectivity index (χ0) is 18.4. The molecule has 2 aromatic carbocycles. The Bertz CT molecular complexity index is 862. The molecular formula is C19H18N4O3. The van der Waals surface area contributed by atoms with Crippen molar-refractivity contribution in [1.82, 2.24) is 19.7 Å². The lowest BCUT2D eigenvalue weighted by atomic mass is 10.2. The number of hydrogen-bond donors (Lipinski definition) is 0.